The minimum Gasteiger partial charge on any atom is -0.479 e. The number of carbonyl (C=O) groups is 2. The predicted molar refractivity (Wildman–Crippen MR) is 35.4 cm³/mol. The first-order valence-corrected chi connectivity index (χ1v) is 2.73. The standard InChI is InChI=1S/C4H6O6.CH4O/c5-1(3(7)8)2(6)4(9)10;1-2/h1-2,5-6H,(H,7,8)(H,9,10);2H,1H3/t1-,2-;/m1./s1. The molecular weight excluding hydrogens is 172 g/mol. The highest BCUT2D eigenvalue weighted by molar-refractivity contribution is 5.82. The zero-order chi connectivity index (χ0) is 10.3. The smallest absolute Gasteiger partial charge is 0.335 e. The Labute approximate surface area is 67.5 Å². The lowest BCUT2D eigenvalue weighted by atomic mass is 10.2. The van der Waals surface area contributed by atoms with E-state index in [4.69, 9.17) is 25.5 Å². The van der Waals surface area contributed by atoms with Crippen molar-refractivity contribution in [1.29, 1.82) is 0 Å². The summed E-state index contributed by atoms with van der Waals surface area (Å²) >= 11 is 0. The molecule has 0 spiro atoms. The molecule has 0 saturated carbocycles. The topological polar surface area (TPSA) is 135 Å². The van der Waals surface area contributed by atoms with E-state index < -0.39 is 24.1 Å². The Bertz CT molecular complexity index is 136. The minimum absolute atomic E-state index is 1.00. The van der Waals surface area contributed by atoms with Crippen molar-refractivity contribution in [2.75, 3.05) is 7.11 Å². The van der Waals surface area contributed by atoms with E-state index in [2.05, 4.69) is 0 Å². The lowest BCUT2D eigenvalue weighted by Crippen LogP contribution is -2.39. The maximum absolute atomic E-state index is 9.77. The molecule has 0 saturated heterocycles. The van der Waals surface area contributed by atoms with Gasteiger partial charge in [0.2, 0.25) is 0 Å². The van der Waals surface area contributed by atoms with Crippen LogP contribution in [0.2, 0.25) is 0 Å². The second kappa shape index (κ2) is 6.53. The number of hydrogen-bond donors (Lipinski definition) is 5. The van der Waals surface area contributed by atoms with Gasteiger partial charge in [-0.25, -0.2) is 9.59 Å². The van der Waals surface area contributed by atoms with Crippen LogP contribution in [0.3, 0.4) is 0 Å². The van der Waals surface area contributed by atoms with Crippen molar-refractivity contribution in [2.24, 2.45) is 0 Å². The summed E-state index contributed by atoms with van der Waals surface area (Å²) < 4.78 is 0. The number of carboxylic acids is 2. The van der Waals surface area contributed by atoms with Crippen LogP contribution in [0.5, 0.6) is 0 Å². The molecule has 0 radical (unpaired) electrons. The normalized spacial score (nSPS) is 13.7. The lowest BCUT2D eigenvalue weighted by molar-refractivity contribution is -0.165. The van der Waals surface area contributed by atoms with Crippen LogP contribution in [-0.4, -0.2) is 56.8 Å². The molecule has 5 N–H and O–H groups in total. The van der Waals surface area contributed by atoms with E-state index >= 15 is 0 Å². The van der Waals surface area contributed by atoms with E-state index in [0.29, 0.717) is 0 Å². The monoisotopic (exact) mass is 182 g/mol. The summed E-state index contributed by atoms with van der Waals surface area (Å²) in [5.41, 5.74) is 0. The molecule has 0 bridgehead atoms. The van der Waals surface area contributed by atoms with Gasteiger partial charge in [0.15, 0.2) is 12.2 Å². The van der Waals surface area contributed by atoms with Crippen molar-refractivity contribution >= 4 is 11.9 Å². The van der Waals surface area contributed by atoms with Crippen molar-refractivity contribution < 1.29 is 35.1 Å². The molecule has 0 aromatic heterocycles. The molecule has 0 rings (SSSR count). The van der Waals surface area contributed by atoms with Crippen LogP contribution in [0.4, 0.5) is 0 Å². The molecule has 12 heavy (non-hydrogen) atoms. The minimum atomic E-state index is -2.27. The van der Waals surface area contributed by atoms with Crippen molar-refractivity contribution in [1.82, 2.24) is 0 Å². The number of aliphatic carboxylic acids is 2. The van der Waals surface area contributed by atoms with Crippen LogP contribution >= 0.6 is 0 Å². The van der Waals surface area contributed by atoms with E-state index in [0.717, 1.165) is 7.11 Å². The predicted octanol–water partition coefficient (Wildman–Crippen LogP) is -2.51. The molecule has 0 aliphatic carbocycles. The third-order valence-corrected chi connectivity index (χ3v) is 0.805. The van der Waals surface area contributed by atoms with Crippen LogP contribution in [0.1, 0.15) is 0 Å². The Hall–Kier alpha value is -1.18. The van der Waals surface area contributed by atoms with Crippen LogP contribution in [0.25, 0.3) is 0 Å². The summed E-state index contributed by atoms with van der Waals surface area (Å²) in [6.07, 6.45) is -4.53. The Balaban J connectivity index is 0. The number of rotatable bonds is 3. The highest BCUT2D eigenvalue weighted by Gasteiger charge is 2.29. The van der Waals surface area contributed by atoms with Crippen LogP contribution in [0, 0.1) is 0 Å². The Kier molecular flexibility index (Phi) is 7.29. The van der Waals surface area contributed by atoms with Gasteiger partial charge in [-0.1, -0.05) is 0 Å². The van der Waals surface area contributed by atoms with Gasteiger partial charge in [0.05, 0.1) is 0 Å². The quantitative estimate of drug-likeness (QED) is 0.325. The summed E-state index contributed by atoms with van der Waals surface area (Å²) in [5.74, 6) is -3.54. The van der Waals surface area contributed by atoms with Crippen LogP contribution in [-0.2, 0) is 9.59 Å². The molecule has 7 nitrogen and oxygen atoms in total. The summed E-state index contributed by atoms with van der Waals surface area (Å²) in [7, 11) is 1.00. The van der Waals surface area contributed by atoms with Gasteiger partial charge in [-0.15, -0.1) is 0 Å². The fourth-order valence-corrected chi connectivity index (χ4v) is 0.270. The molecular formula is C5H10O7. The molecule has 2 atom stereocenters. The molecule has 0 aliphatic heterocycles. The number of aliphatic hydroxyl groups excluding tert-OH is 3. The highest BCUT2D eigenvalue weighted by Crippen LogP contribution is 1.92. The van der Waals surface area contributed by atoms with E-state index in [1.165, 1.54) is 0 Å². The van der Waals surface area contributed by atoms with Crippen molar-refractivity contribution in [2.45, 2.75) is 12.2 Å². The molecule has 0 aliphatic rings. The van der Waals surface area contributed by atoms with E-state index in [9.17, 15) is 9.59 Å². The van der Waals surface area contributed by atoms with Gasteiger partial charge in [0, 0.05) is 7.11 Å². The molecule has 7 heteroatoms. The third-order valence-electron chi connectivity index (χ3n) is 0.805. The number of carboxylic acid groups (broad SMARTS) is 2. The highest BCUT2D eigenvalue weighted by atomic mass is 16.4. The van der Waals surface area contributed by atoms with E-state index in [-0.39, 0.29) is 0 Å². The first kappa shape index (κ1) is 13.4. The third kappa shape index (κ3) is 4.61. The average Bonchev–Trinajstić information content (AvgIpc) is 2.05. The zero-order valence-corrected chi connectivity index (χ0v) is 6.21. The molecule has 72 valence electrons. The maximum atomic E-state index is 9.77. The largest absolute Gasteiger partial charge is 0.479 e. The van der Waals surface area contributed by atoms with Crippen molar-refractivity contribution in [3.63, 3.8) is 0 Å². The fourth-order valence-electron chi connectivity index (χ4n) is 0.270. The van der Waals surface area contributed by atoms with E-state index in [1.54, 1.807) is 0 Å². The first-order chi connectivity index (χ1) is 5.46. The molecule has 0 heterocycles. The molecule has 0 fully saturated rings. The first-order valence-electron chi connectivity index (χ1n) is 2.73. The Morgan fingerprint density at radius 3 is 1.17 bits per heavy atom. The SMILES string of the molecule is CO.O=C(O)[C@H](O)[C@@H](O)C(=O)O. The summed E-state index contributed by atoms with van der Waals surface area (Å²) in [6, 6.07) is 0. The van der Waals surface area contributed by atoms with Gasteiger partial charge < -0.3 is 25.5 Å². The van der Waals surface area contributed by atoms with Crippen LogP contribution in [0.15, 0.2) is 0 Å². The second-order valence-corrected chi connectivity index (χ2v) is 1.57. The summed E-state index contributed by atoms with van der Waals surface area (Å²) in [5, 5.41) is 39.5. The molecule has 0 aromatic rings. The average molecular weight is 182 g/mol. The van der Waals surface area contributed by atoms with Gasteiger partial charge in [0.25, 0.3) is 0 Å². The maximum Gasteiger partial charge on any atom is 0.335 e. The Morgan fingerprint density at radius 1 is 0.917 bits per heavy atom. The van der Waals surface area contributed by atoms with Gasteiger partial charge in [-0.05, 0) is 0 Å². The molecule has 0 aromatic carbocycles. The lowest BCUT2D eigenvalue weighted by Gasteiger charge is -2.07. The zero-order valence-electron chi connectivity index (χ0n) is 6.21. The molecule has 0 amide bonds. The van der Waals surface area contributed by atoms with Gasteiger partial charge in [0.1, 0.15) is 0 Å². The molecule has 0 unspecified atom stereocenters. The second-order valence-electron chi connectivity index (χ2n) is 1.57. The fraction of sp³-hybridized carbons (Fsp3) is 0.600. The number of aliphatic hydroxyl groups is 3. The van der Waals surface area contributed by atoms with Gasteiger partial charge >= 0.3 is 11.9 Å². The van der Waals surface area contributed by atoms with Crippen LogP contribution < -0.4 is 0 Å². The van der Waals surface area contributed by atoms with E-state index in [1.807, 2.05) is 0 Å². The van der Waals surface area contributed by atoms with Crippen molar-refractivity contribution in [3.05, 3.63) is 0 Å². The Morgan fingerprint density at radius 2 is 1.08 bits per heavy atom. The number of hydrogen-bond acceptors (Lipinski definition) is 5. The van der Waals surface area contributed by atoms with Crippen molar-refractivity contribution in [3.8, 4) is 0 Å². The van der Waals surface area contributed by atoms with Gasteiger partial charge in [-0.3, -0.25) is 0 Å². The summed E-state index contributed by atoms with van der Waals surface area (Å²) in [6.45, 7) is 0. The summed E-state index contributed by atoms with van der Waals surface area (Å²) in [4.78, 5) is 19.5. The van der Waals surface area contributed by atoms with Gasteiger partial charge in [-0.2, -0.15) is 0 Å².